The number of aromatic nitrogens is 1. The van der Waals surface area contributed by atoms with Crippen LogP contribution in [0.1, 0.15) is 60.0 Å². The number of halogens is 1. The van der Waals surface area contributed by atoms with Gasteiger partial charge in [-0.2, -0.15) is 0 Å². The van der Waals surface area contributed by atoms with E-state index < -0.39 is 0 Å². The molecule has 2 saturated carbocycles. The topological polar surface area (TPSA) is 68.3 Å². The first-order valence-electron chi connectivity index (χ1n) is 9.45. The molecule has 1 atom stereocenters. The molecule has 2 aromatic rings. The summed E-state index contributed by atoms with van der Waals surface area (Å²) in [4.78, 5) is 26.2. The fourth-order valence-corrected chi connectivity index (χ4v) is 4.32. The minimum atomic E-state index is -0.365. The first-order chi connectivity index (χ1) is 12.6. The molecule has 0 bridgehead atoms. The Labute approximate surface area is 150 Å². The van der Waals surface area contributed by atoms with Crippen LogP contribution < -0.4 is 16.1 Å². The molecule has 5 nitrogen and oxygen atoms in total. The van der Waals surface area contributed by atoms with Crippen LogP contribution in [0.15, 0.2) is 17.1 Å². The molecule has 0 radical (unpaired) electrons. The van der Waals surface area contributed by atoms with Crippen molar-refractivity contribution < 1.29 is 9.18 Å². The van der Waals surface area contributed by atoms with E-state index in [0.717, 1.165) is 49.7 Å². The number of pyridine rings is 1. The van der Waals surface area contributed by atoms with Gasteiger partial charge >= 0.3 is 0 Å². The Morgan fingerprint density at radius 1 is 1.19 bits per heavy atom. The number of fused-ring (bicyclic) bond motifs is 1. The number of carbonyl (C=O) groups is 1. The van der Waals surface area contributed by atoms with Crippen molar-refractivity contribution in [3.05, 3.63) is 39.4 Å². The summed E-state index contributed by atoms with van der Waals surface area (Å²) < 4.78 is 17.3. The SMILES string of the molecule is NC1CCN(c2c(F)cc3c(=O)c(C=O)cn(C4CC4)c3c2C2CC2)C1. The zero-order chi connectivity index (χ0) is 18.0. The molecule has 1 aromatic carbocycles. The molecule has 1 saturated heterocycles. The van der Waals surface area contributed by atoms with Gasteiger partial charge in [-0.3, -0.25) is 9.59 Å². The normalized spacial score (nSPS) is 23.0. The van der Waals surface area contributed by atoms with Crippen molar-refractivity contribution in [2.45, 2.75) is 50.1 Å². The number of benzene rings is 1. The third-order valence-electron chi connectivity index (χ3n) is 5.90. The molecule has 2 N–H and O–H groups in total. The van der Waals surface area contributed by atoms with E-state index >= 15 is 4.39 Å². The number of rotatable bonds is 4. The van der Waals surface area contributed by atoms with E-state index in [-0.39, 0.29) is 28.8 Å². The van der Waals surface area contributed by atoms with Gasteiger partial charge in [0.25, 0.3) is 0 Å². The van der Waals surface area contributed by atoms with Crippen LogP contribution in [0, 0.1) is 5.82 Å². The molecule has 2 heterocycles. The molecule has 1 aliphatic heterocycles. The average molecular weight is 355 g/mol. The molecule has 26 heavy (non-hydrogen) atoms. The third kappa shape index (κ3) is 2.39. The highest BCUT2D eigenvalue weighted by atomic mass is 19.1. The second-order valence-corrected chi connectivity index (χ2v) is 7.96. The Balaban J connectivity index is 1.85. The average Bonchev–Trinajstić information content (AvgIpc) is 3.53. The summed E-state index contributed by atoms with van der Waals surface area (Å²) in [6.07, 6.45) is 7.20. The van der Waals surface area contributed by atoms with E-state index in [2.05, 4.69) is 4.57 Å². The van der Waals surface area contributed by atoms with Crippen LogP contribution in [0.3, 0.4) is 0 Å². The van der Waals surface area contributed by atoms with Crippen molar-refractivity contribution in [3.8, 4) is 0 Å². The lowest BCUT2D eigenvalue weighted by Crippen LogP contribution is -2.28. The highest BCUT2D eigenvalue weighted by Crippen LogP contribution is 2.50. The number of nitrogens with two attached hydrogens (primary N) is 1. The summed E-state index contributed by atoms with van der Waals surface area (Å²) in [7, 11) is 0. The van der Waals surface area contributed by atoms with Gasteiger partial charge in [-0.05, 0) is 44.1 Å². The van der Waals surface area contributed by atoms with Gasteiger partial charge in [0.05, 0.1) is 16.8 Å². The molecule has 1 aromatic heterocycles. The van der Waals surface area contributed by atoms with Crippen LogP contribution in [0.2, 0.25) is 0 Å². The fraction of sp³-hybridized carbons (Fsp3) is 0.500. The summed E-state index contributed by atoms with van der Waals surface area (Å²) in [6.45, 7) is 1.38. The highest BCUT2D eigenvalue weighted by Gasteiger charge is 2.37. The van der Waals surface area contributed by atoms with Crippen LogP contribution >= 0.6 is 0 Å². The van der Waals surface area contributed by atoms with Gasteiger partial charge in [-0.25, -0.2) is 4.39 Å². The van der Waals surface area contributed by atoms with Crippen LogP contribution in [-0.4, -0.2) is 30.0 Å². The van der Waals surface area contributed by atoms with Crippen molar-refractivity contribution in [3.63, 3.8) is 0 Å². The van der Waals surface area contributed by atoms with Gasteiger partial charge in [0.1, 0.15) is 5.82 Å². The molecule has 1 unspecified atom stereocenters. The zero-order valence-electron chi connectivity index (χ0n) is 14.6. The number of nitrogens with zero attached hydrogens (tertiary/aromatic N) is 2. The number of aldehydes is 1. The zero-order valence-corrected chi connectivity index (χ0v) is 14.6. The van der Waals surface area contributed by atoms with E-state index in [4.69, 9.17) is 5.73 Å². The smallest absolute Gasteiger partial charge is 0.200 e. The Morgan fingerprint density at radius 2 is 1.96 bits per heavy atom. The first kappa shape index (κ1) is 16.0. The van der Waals surface area contributed by atoms with E-state index in [0.29, 0.717) is 29.9 Å². The van der Waals surface area contributed by atoms with Gasteiger partial charge in [0.15, 0.2) is 11.7 Å². The number of carbonyl (C=O) groups excluding carboxylic acids is 1. The molecule has 5 rings (SSSR count). The Kier molecular flexibility index (Phi) is 3.47. The van der Waals surface area contributed by atoms with Crippen LogP contribution in [0.4, 0.5) is 10.1 Å². The maximum absolute atomic E-state index is 15.2. The summed E-state index contributed by atoms with van der Waals surface area (Å²) in [5.41, 5.74) is 8.22. The third-order valence-corrected chi connectivity index (χ3v) is 5.90. The largest absolute Gasteiger partial charge is 0.367 e. The van der Waals surface area contributed by atoms with Crippen molar-refractivity contribution in [1.29, 1.82) is 0 Å². The minimum Gasteiger partial charge on any atom is -0.367 e. The number of hydrogen-bond donors (Lipinski definition) is 1. The summed E-state index contributed by atoms with van der Waals surface area (Å²) in [5.74, 6) is -0.0810. The van der Waals surface area contributed by atoms with Crippen molar-refractivity contribution >= 4 is 22.9 Å². The standard InChI is InChI=1S/C20H22FN3O2/c21-16-7-15-18(24(14-3-4-14)8-12(10-25)20(15)26)17(11-1-2-11)19(16)23-6-5-13(22)9-23/h7-8,10-11,13-14H,1-6,9,22H2. The van der Waals surface area contributed by atoms with Crippen molar-refractivity contribution in [2.75, 3.05) is 18.0 Å². The van der Waals surface area contributed by atoms with Gasteiger partial charge in [-0.15, -0.1) is 0 Å². The monoisotopic (exact) mass is 355 g/mol. The Morgan fingerprint density at radius 3 is 2.54 bits per heavy atom. The van der Waals surface area contributed by atoms with E-state index in [1.165, 1.54) is 6.07 Å². The van der Waals surface area contributed by atoms with Gasteiger partial charge in [0.2, 0.25) is 0 Å². The molecule has 2 aliphatic carbocycles. The summed E-state index contributed by atoms with van der Waals surface area (Å²) >= 11 is 0. The summed E-state index contributed by atoms with van der Waals surface area (Å²) in [6, 6.07) is 1.70. The molecule has 3 fully saturated rings. The molecule has 136 valence electrons. The van der Waals surface area contributed by atoms with Crippen molar-refractivity contribution in [1.82, 2.24) is 4.57 Å². The Bertz CT molecular complexity index is 975. The van der Waals surface area contributed by atoms with Gasteiger partial charge < -0.3 is 15.2 Å². The maximum Gasteiger partial charge on any atom is 0.200 e. The molecule has 0 spiro atoms. The van der Waals surface area contributed by atoms with Crippen LogP contribution in [0.5, 0.6) is 0 Å². The molecular weight excluding hydrogens is 333 g/mol. The minimum absolute atomic E-state index is 0.0558. The second-order valence-electron chi connectivity index (χ2n) is 7.96. The predicted octanol–water partition coefficient (Wildman–Crippen LogP) is 2.70. The maximum atomic E-state index is 15.2. The van der Waals surface area contributed by atoms with Crippen molar-refractivity contribution in [2.24, 2.45) is 5.73 Å². The lowest BCUT2D eigenvalue weighted by molar-refractivity contribution is 0.112. The van der Waals surface area contributed by atoms with E-state index in [1.807, 2.05) is 4.90 Å². The molecule has 6 heteroatoms. The molecule has 3 aliphatic rings. The van der Waals surface area contributed by atoms with Gasteiger partial charge in [0, 0.05) is 42.3 Å². The lowest BCUT2D eigenvalue weighted by Gasteiger charge is -2.25. The lowest BCUT2D eigenvalue weighted by atomic mass is 9.99. The fourth-order valence-electron chi connectivity index (χ4n) is 4.32. The quantitative estimate of drug-likeness (QED) is 0.856. The van der Waals surface area contributed by atoms with E-state index in [1.54, 1.807) is 6.20 Å². The number of anilines is 1. The Hall–Kier alpha value is -2.21. The highest BCUT2D eigenvalue weighted by molar-refractivity contribution is 5.92. The van der Waals surface area contributed by atoms with Gasteiger partial charge in [-0.1, -0.05) is 0 Å². The van der Waals surface area contributed by atoms with E-state index in [9.17, 15) is 9.59 Å². The summed E-state index contributed by atoms with van der Waals surface area (Å²) in [5, 5.41) is 0.341. The molecule has 0 amide bonds. The predicted molar refractivity (Wildman–Crippen MR) is 98.6 cm³/mol. The number of hydrogen-bond acceptors (Lipinski definition) is 4. The van der Waals surface area contributed by atoms with Crippen LogP contribution in [0.25, 0.3) is 10.9 Å². The first-order valence-corrected chi connectivity index (χ1v) is 9.45. The molecular formula is C20H22FN3O2. The van der Waals surface area contributed by atoms with Crippen LogP contribution in [-0.2, 0) is 0 Å². The second kappa shape index (κ2) is 5.64.